The Morgan fingerprint density at radius 1 is 0.381 bits per heavy atom. The van der Waals surface area contributed by atoms with Crippen LogP contribution in [0.1, 0.15) is 36.1 Å². The fourth-order valence-electron chi connectivity index (χ4n) is 6.13. The molecule has 8 N–H and O–H groups in total. The minimum atomic E-state index is -0.158. The lowest BCUT2D eigenvalue weighted by Gasteiger charge is -2.37. The molecule has 4 atom stereocenters. The zero-order valence-corrected chi connectivity index (χ0v) is 23.3. The monoisotopic (exact) mass is 582 g/mol. The topological polar surface area (TPSA) is 162 Å². The Balaban J connectivity index is 1.85. The van der Waals surface area contributed by atoms with Crippen molar-refractivity contribution in [2.24, 2.45) is 23.7 Å². The maximum atomic E-state index is 7.50. The van der Waals surface area contributed by atoms with Gasteiger partial charge in [0.25, 0.3) is 11.4 Å². The lowest BCUT2D eigenvalue weighted by atomic mass is 9.68. The standard InChI is InChI=1S/C34H38O8/c1-19(3-21-5-25(35)15-26(36)6-21)33(13-23-9-29(39)17-30(40)10-23)34(14-24-11-31(41)18-32(42)12-24)20(2)4-22-7-27(37)16-28(38)8-22/h5-12,15-20,33-42H,3-4,13-14H2,1-2H3/i/hD8. The van der Waals surface area contributed by atoms with Crippen molar-refractivity contribution in [1.29, 1.82) is 11.4 Å². The van der Waals surface area contributed by atoms with Gasteiger partial charge in [-0.1, -0.05) is 13.8 Å². The molecule has 0 spiro atoms. The highest BCUT2D eigenvalue weighted by Crippen LogP contribution is 2.39. The molecule has 0 bridgehead atoms. The summed E-state index contributed by atoms with van der Waals surface area (Å²) in [5, 5.41) is 38.0. The van der Waals surface area contributed by atoms with Crippen LogP contribution in [0, 0.1) is 23.7 Å². The van der Waals surface area contributed by atoms with Crippen molar-refractivity contribution in [3.05, 3.63) is 95.1 Å². The molecule has 222 valence electrons. The number of hydrogen-bond donors (Lipinski definition) is 8. The van der Waals surface area contributed by atoms with Crippen LogP contribution in [-0.2, 0) is 25.7 Å². The molecule has 0 aliphatic carbocycles. The molecule has 0 saturated carbocycles. The smallest absolute Gasteiger partial charge is 0.293 e. The fraction of sp³-hybridized carbons (Fsp3) is 0.294. The van der Waals surface area contributed by atoms with Crippen LogP contribution in [-0.4, -0.2) is 52.3 Å². The Bertz CT molecular complexity index is 1490. The van der Waals surface area contributed by atoms with Crippen LogP contribution in [0.5, 0.6) is 46.0 Å². The molecule has 4 aromatic rings. The summed E-state index contributed by atoms with van der Waals surface area (Å²) < 4.78 is 59.7. The molecule has 0 amide bonds. The highest BCUT2D eigenvalue weighted by Gasteiger charge is 2.32. The van der Waals surface area contributed by atoms with E-state index in [4.69, 9.17) is 52.3 Å². The Morgan fingerprint density at radius 3 is 0.810 bits per heavy atom. The molecule has 0 aromatic heterocycles. The van der Waals surface area contributed by atoms with Crippen LogP contribution in [0.3, 0.4) is 0 Å². The summed E-state index contributed by atoms with van der Waals surface area (Å²) in [4.78, 5) is 0. The molecule has 4 rings (SSSR count). The molecule has 0 fully saturated rings. The van der Waals surface area contributed by atoms with Gasteiger partial charge in [0.2, 0.25) is 0 Å². The highest BCUT2D eigenvalue weighted by atomic mass is 16.3. The van der Waals surface area contributed by atoms with Crippen LogP contribution in [0.25, 0.3) is 0 Å². The summed E-state index contributed by atoms with van der Waals surface area (Å²) in [5.41, 5.74) is 3.03. The molecule has 4 unspecified atom stereocenters. The predicted molar refractivity (Wildman–Crippen MR) is 159 cm³/mol. The minimum absolute atomic E-state index is 0.0967. The maximum absolute atomic E-state index is 7.50. The Hall–Kier alpha value is -4.72. The highest BCUT2D eigenvalue weighted by molar-refractivity contribution is 5.40. The van der Waals surface area contributed by atoms with Gasteiger partial charge in [-0.2, -0.15) is 0 Å². The van der Waals surface area contributed by atoms with Gasteiger partial charge in [-0.05, 0) is 120 Å². The van der Waals surface area contributed by atoms with Crippen LogP contribution >= 0.6 is 0 Å². The molecule has 0 aliphatic heterocycles. The molecular weight excluding hydrogens is 536 g/mol. The largest absolute Gasteiger partial charge is 0.508 e. The number of rotatable bonds is 19. The normalized spacial score (nSPS) is 16.1. The van der Waals surface area contributed by atoms with E-state index in [-0.39, 0.29) is 69.7 Å². The van der Waals surface area contributed by atoms with E-state index in [2.05, 4.69) is 13.8 Å². The Kier molecular flexibility index (Phi) is 6.44. The third-order valence-corrected chi connectivity index (χ3v) is 7.83. The van der Waals surface area contributed by atoms with Crippen LogP contribution in [0.2, 0.25) is 0 Å². The SMILES string of the molecule is [2H]Oc1cc(CC(C)C(Cc2cc(O[2H])cc(O[2H])c2)C(Cc2cc(O[2H])cc(O[2H])c2)C(C)Cc2cc(O[2H])cc(O[2H])c2)cc(O[2H])c1. The second kappa shape index (κ2) is 12.9. The maximum Gasteiger partial charge on any atom is 0.293 e. The first kappa shape index (κ1) is 21.1. The molecule has 0 aliphatic rings. The van der Waals surface area contributed by atoms with Gasteiger partial charge in [0.05, 0.1) is 0 Å². The molecule has 42 heavy (non-hydrogen) atoms. The first-order valence-electron chi connectivity index (χ1n) is 17.0. The number of phenolic OH excluding ortho intramolecular Hbond substituents is 8. The van der Waals surface area contributed by atoms with Crippen molar-refractivity contribution in [2.75, 3.05) is 0 Å². The third kappa shape index (κ3) is 8.16. The predicted octanol–water partition coefficient (Wildman–Crippen LogP) is 6.11. The summed E-state index contributed by atoms with van der Waals surface area (Å²) in [5.74, 6) is 1.16. The van der Waals surface area contributed by atoms with Crippen LogP contribution < -0.4 is 0 Å². The van der Waals surface area contributed by atoms with E-state index in [9.17, 15) is 0 Å². The van der Waals surface area contributed by atoms with Gasteiger partial charge >= 0.3 is 0 Å². The molecule has 4 aromatic carbocycles. The quantitative estimate of drug-likeness (QED) is 0.0657. The molecular formula is C34H38O8. The summed E-state index contributed by atoms with van der Waals surface area (Å²) >= 11 is 0. The van der Waals surface area contributed by atoms with Crippen molar-refractivity contribution in [3.63, 3.8) is 0 Å². The first-order valence-corrected chi connectivity index (χ1v) is 13.8. The first-order chi connectivity index (χ1) is 24.1. The average Bonchev–Trinajstić information content (AvgIpc) is 3.14. The van der Waals surface area contributed by atoms with Gasteiger partial charge in [-0.25, -0.2) is 0 Å². The number of benzene rings is 4. The lowest BCUT2D eigenvalue weighted by Crippen LogP contribution is -2.32. The van der Waals surface area contributed by atoms with E-state index in [1.807, 2.05) is 0 Å². The summed E-state index contributed by atoms with van der Waals surface area (Å²) in [6.07, 6.45) is 1.84. The molecule has 0 heterocycles. The van der Waals surface area contributed by atoms with E-state index in [0.29, 0.717) is 25.7 Å². The zero-order valence-electron chi connectivity index (χ0n) is 31.3. The Morgan fingerprint density at radius 2 is 0.595 bits per heavy atom. The molecule has 0 radical (unpaired) electrons. The second-order valence-electron chi connectivity index (χ2n) is 11.3. The van der Waals surface area contributed by atoms with E-state index < -0.39 is 0 Å². The summed E-state index contributed by atoms with van der Waals surface area (Å²) in [6.45, 7) is 4.16. The molecule has 8 nitrogen and oxygen atoms in total. The second-order valence-corrected chi connectivity index (χ2v) is 11.3. The van der Waals surface area contributed by atoms with Gasteiger partial charge in [0.15, 0.2) is 0 Å². The van der Waals surface area contributed by atoms with Gasteiger partial charge < -0.3 is 40.9 Å². The van der Waals surface area contributed by atoms with Crippen molar-refractivity contribution in [1.82, 2.24) is 0 Å². The Labute approximate surface area is 257 Å². The number of phenols is 8. The van der Waals surface area contributed by atoms with E-state index in [1.54, 1.807) is 48.5 Å². The van der Waals surface area contributed by atoms with Crippen molar-refractivity contribution in [2.45, 2.75) is 39.5 Å². The van der Waals surface area contributed by atoms with Crippen molar-refractivity contribution < 1.29 is 40.9 Å². The van der Waals surface area contributed by atoms with Crippen LogP contribution in [0.4, 0.5) is 0 Å². The van der Waals surface area contributed by atoms with Crippen LogP contribution in [0.15, 0.2) is 72.8 Å². The summed E-state index contributed by atoms with van der Waals surface area (Å²) in [7, 11) is 0. The van der Waals surface area contributed by atoms with Crippen molar-refractivity contribution in [3.8, 4) is 46.0 Å². The fourth-order valence-corrected chi connectivity index (χ4v) is 6.13. The zero-order chi connectivity index (χ0) is 36.2. The van der Waals surface area contributed by atoms with E-state index >= 15 is 0 Å². The van der Waals surface area contributed by atoms with E-state index in [0.717, 1.165) is 22.3 Å². The van der Waals surface area contributed by atoms with Gasteiger partial charge in [-0.15, -0.1) is 0 Å². The third-order valence-electron chi connectivity index (χ3n) is 7.83. The van der Waals surface area contributed by atoms with Crippen molar-refractivity contribution >= 4 is 0 Å². The molecule has 8 heteroatoms. The van der Waals surface area contributed by atoms with E-state index in [1.165, 1.54) is 24.3 Å². The van der Waals surface area contributed by atoms with Gasteiger partial charge in [-0.3, -0.25) is 0 Å². The summed E-state index contributed by atoms with van der Waals surface area (Å²) in [6, 6.07) is 19.5. The van der Waals surface area contributed by atoms with Gasteiger partial charge in [0.1, 0.15) is 46.0 Å². The lowest BCUT2D eigenvalue weighted by molar-refractivity contribution is 0.172. The number of hydrogen-bond acceptors (Lipinski definition) is 8. The minimum Gasteiger partial charge on any atom is -0.508 e. The average molecular weight is 583 g/mol. The molecule has 0 saturated heterocycles. The van der Waals surface area contributed by atoms with Gasteiger partial charge in [0, 0.05) is 24.3 Å². The number of aromatic hydroxyl groups is 8.